The van der Waals surface area contributed by atoms with E-state index in [1.165, 1.54) is 36.4 Å². The molecule has 1 aliphatic heterocycles. The second-order valence-corrected chi connectivity index (χ2v) is 6.41. The number of benzene rings is 2. The van der Waals surface area contributed by atoms with Crippen molar-refractivity contribution in [1.29, 1.82) is 0 Å². The van der Waals surface area contributed by atoms with Gasteiger partial charge in [-0.15, -0.1) is 0 Å². The maximum atomic E-state index is 13.3. The molecule has 0 saturated carbocycles. The van der Waals surface area contributed by atoms with Gasteiger partial charge in [-0.1, -0.05) is 12.1 Å². The molecule has 26 heavy (non-hydrogen) atoms. The quantitative estimate of drug-likeness (QED) is 0.769. The molecular formula is C19H19F2N3O2. The molecule has 7 heteroatoms. The molecule has 1 saturated heterocycles. The van der Waals surface area contributed by atoms with E-state index in [2.05, 4.69) is 16.0 Å². The highest BCUT2D eigenvalue weighted by molar-refractivity contribution is 6.01. The Morgan fingerprint density at radius 2 is 1.62 bits per heavy atom. The summed E-state index contributed by atoms with van der Waals surface area (Å²) in [5.41, 5.74) is -0.266. The fourth-order valence-corrected chi connectivity index (χ4v) is 3.08. The highest BCUT2D eigenvalue weighted by atomic mass is 19.1. The zero-order chi connectivity index (χ0) is 18.6. The first kappa shape index (κ1) is 18.0. The maximum absolute atomic E-state index is 13.3. The van der Waals surface area contributed by atoms with Crippen molar-refractivity contribution in [2.24, 2.45) is 5.41 Å². The first-order valence-electron chi connectivity index (χ1n) is 8.30. The van der Waals surface area contributed by atoms with Crippen LogP contribution in [0.15, 0.2) is 48.5 Å². The molecule has 1 unspecified atom stereocenters. The lowest BCUT2D eigenvalue weighted by Crippen LogP contribution is -2.41. The molecule has 2 aromatic carbocycles. The van der Waals surface area contributed by atoms with Crippen molar-refractivity contribution < 1.29 is 18.4 Å². The maximum Gasteiger partial charge on any atom is 0.232 e. The molecule has 2 aromatic rings. The first-order valence-corrected chi connectivity index (χ1v) is 8.30. The third kappa shape index (κ3) is 4.23. The predicted molar refractivity (Wildman–Crippen MR) is 94.6 cm³/mol. The molecule has 1 heterocycles. The number of carbonyl (C=O) groups is 2. The van der Waals surface area contributed by atoms with Gasteiger partial charge in [0, 0.05) is 24.3 Å². The van der Waals surface area contributed by atoms with Crippen molar-refractivity contribution in [2.75, 3.05) is 23.7 Å². The van der Waals surface area contributed by atoms with Crippen molar-refractivity contribution in [3.63, 3.8) is 0 Å². The molecule has 1 aliphatic rings. The van der Waals surface area contributed by atoms with E-state index in [9.17, 15) is 18.4 Å². The van der Waals surface area contributed by atoms with E-state index in [0.29, 0.717) is 30.9 Å². The van der Waals surface area contributed by atoms with E-state index >= 15 is 0 Å². The molecule has 0 bridgehead atoms. The molecule has 1 atom stereocenters. The Kier molecular flexibility index (Phi) is 5.27. The summed E-state index contributed by atoms with van der Waals surface area (Å²) >= 11 is 0. The largest absolute Gasteiger partial charge is 0.326 e. The van der Waals surface area contributed by atoms with Crippen LogP contribution in [-0.2, 0) is 9.59 Å². The number of anilines is 2. The number of halogens is 2. The molecule has 3 N–H and O–H groups in total. The van der Waals surface area contributed by atoms with E-state index in [-0.39, 0.29) is 18.2 Å². The average molecular weight is 359 g/mol. The van der Waals surface area contributed by atoms with Gasteiger partial charge in [-0.25, -0.2) is 8.78 Å². The van der Waals surface area contributed by atoms with Crippen molar-refractivity contribution >= 4 is 23.2 Å². The Labute approximate surface area is 149 Å². The van der Waals surface area contributed by atoms with Crippen LogP contribution in [0.2, 0.25) is 0 Å². The van der Waals surface area contributed by atoms with Crippen LogP contribution >= 0.6 is 0 Å². The van der Waals surface area contributed by atoms with E-state index < -0.39 is 17.0 Å². The SMILES string of the molecule is O=C(CC1(C(=O)Nc2cccc(F)c2)CCNC1)Nc1cccc(F)c1. The summed E-state index contributed by atoms with van der Waals surface area (Å²) in [4.78, 5) is 25.2. The number of rotatable bonds is 5. The summed E-state index contributed by atoms with van der Waals surface area (Å²) in [6, 6.07) is 11.2. The molecule has 1 fully saturated rings. The lowest BCUT2D eigenvalue weighted by atomic mass is 9.82. The number of hydrogen-bond acceptors (Lipinski definition) is 3. The van der Waals surface area contributed by atoms with Crippen LogP contribution in [0.25, 0.3) is 0 Å². The van der Waals surface area contributed by atoms with Gasteiger partial charge in [0.15, 0.2) is 0 Å². The van der Waals surface area contributed by atoms with Gasteiger partial charge in [-0.3, -0.25) is 9.59 Å². The monoisotopic (exact) mass is 359 g/mol. The van der Waals surface area contributed by atoms with Crippen LogP contribution in [0.5, 0.6) is 0 Å². The molecule has 2 amide bonds. The molecule has 0 aliphatic carbocycles. The minimum Gasteiger partial charge on any atom is -0.326 e. The van der Waals surface area contributed by atoms with Crippen molar-refractivity contribution in [3.8, 4) is 0 Å². The minimum atomic E-state index is -0.941. The lowest BCUT2D eigenvalue weighted by Gasteiger charge is -2.26. The van der Waals surface area contributed by atoms with Gasteiger partial charge in [0.1, 0.15) is 11.6 Å². The Balaban J connectivity index is 1.70. The van der Waals surface area contributed by atoms with Crippen LogP contribution in [0.4, 0.5) is 20.2 Å². The Morgan fingerprint density at radius 1 is 1.00 bits per heavy atom. The third-order valence-electron chi connectivity index (χ3n) is 4.42. The molecular weight excluding hydrogens is 340 g/mol. The Morgan fingerprint density at radius 3 is 2.15 bits per heavy atom. The third-order valence-corrected chi connectivity index (χ3v) is 4.42. The van der Waals surface area contributed by atoms with Gasteiger partial charge in [0.05, 0.1) is 5.41 Å². The summed E-state index contributed by atoms with van der Waals surface area (Å²) in [5.74, 6) is -1.63. The molecule has 0 aromatic heterocycles. The van der Waals surface area contributed by atoms with Crippen LogP contribution in [0.3, 0.4) is 0 Å². The van der Waals surface area contributed by atoms with Crippen molar-refractivity contribution in [3.05, 3.63) is 60.2 Å². The molecule has 136 valence electrons. The van der Waals surface area contributed by atoms with Crippen LogP contribution in [0, 0.1) is 17.0 Å². The smallest absolute Gasteiger partial charge is 0.232 e. The Hall–Kier alpha value is -2.80. The lowest BCUT2D eigenvalue weighted by molar-refractivity contribution is -0.129. The highest BCUT2D eigenvalue weighted by Gasteiger charge is 2.43. The number of carbonyl (C=O) groups excluding carboxylic acids is 2. The second-order valence-electron chi connectivity index (χ2n) is 6.41. The highest BCUT2D eigenvalue weighted by Crippen LogP contribution is 2.32. The van der Waals surface area contributed by atoms with Crippen molar-refractivity contribution in [1.82, 2.24) is 5.32 Å². The summed E-state index contributed by atoms with van der Waals surface area (Å²) in [6.45, 7) is 0.939. The van der Waals surface area contributed by atoms with Crippen LogP contribution in [0.1, 0.15) is 12.8 Å². The number of hydrogen-bond donors (Lipinski definition) is 3. The van der Waals surface area contributed by atoms with Gasteiger partial charge in [-0.05, 0) is 49.4 Å². The number of nitrogens with one attached hydrogen (secondary N) is 3. The first-order chi connectivity index (χ1) is 12.5. The van der Waals surface area contributed by atoms with E-state index in [1.54, 1.807) is 12.1 Å². The average Bonchev–Trinajstić information content (AvgIpc) is 3.04. The van der Waals surface area contributed by atoms with Crippen LogP contribution in [-0.4, -0.2) is 24.9 Å². The van der Waals surface area contributed by atoms with Crippen LogP contribution < -0.4 is 16.0 Å². The van der Waals surface area contributed by atoms with Gasteiger partial charge >= 0.3 is 0 Å². The van der Waals surface area contributed by atoms with Crippen molar-refractivity contribution in [2.45, 2.75) is 12.8 Å². The summed E-state index contributed by atoms with van der Waals surface area (Å²) in [5, 5.41) is 8.40. The predicted octanol–water partition coefficient (Wildman–Crippen LogP) is 2.91. The van der Waals surface area contributed by atoms with Gasteiger partial charge < -0.3 is 16.0 Å². The second kappa shape index (κ2) is 7.61. The molecule has 0 radical (unpaired) electrons. The minimum absolute atomic E-state index is 0.0579. The zero-order valence-electron chi connectivity index (χ0n) is 14.0. The standard InChI is InChI=1S/C19H19F2N3O2/c20-13-3-1-5-15(9-13)23-17(25)11-19(7-8-22-12-19)18(26)24-16-6-2-4-14(21)10-16/h1-6,9-10,22H,7-8,11-12H2,(H,23,25)(H,24,26). The summed E-state index contributed by atoms with van der Waals surface area (Å²) in [7, 11) is 0. The summed E-state index contributed by atoms with van der Waals surface area (Å²) < 4.78 is 26.6. The van der Waals surface area contributed by atoms with E-state index in [1.807, 2.05) is 0 Å². The van der Waals surface area contributed by atoms with E-state index in [4.69, 9.17) is 0 Å². The fraction of sp³-hybridized carbons (Fsp3) is 0.263. The Bertz CT molecular complexity index is 820. The summed E-state index contributed by atoms with van der Waals surface area (Å²) in [6.07, 6.45) is 0.419. The molecule has 0 spiro atoms. The fourth-order valence-electron chi connectivity index (χ4n) is 3.08. The van der Waals surface area contributed by atoms with Gasteiger partial charge in [0.25, 0.3) is 0 Å². The zero-order valence-corrected chi connectivity index (χ0v) is 14.0. The van der Waals surface area contributed by atoms with Gasteiger partial charge in [-0.2, -0.15) is 0 Å². The van der Waals surface area contributed by atoms with E-state index in [0.717, 1.165) is 0 Å². The molecule has 5 nitrogen and oxygen atoms in total. The van der Waals surface area contributed by atoms with Gasteiger partial charge in [0.2, 0.25) is 11.8 Å². The number of amides is 2. The normalized spacial score (nSPS) is 19.2. The topological polar surface area (TPSA) is 70.2 Å². The molecule has 3 rings (SSSR count).